The highest BCUT2D eigenvalue weighted by Crippen LogP contribution is 2.21. The van der Waals surface area contributed by atoms with Crippen LogP contribution in [0.4, 0.5) is 0 Å². The van der Waals surface area contributed by atoms with E-state index < -0.39 is 6.04 Å². The van der Waals surface area contributed by atoms with Crippen molar-refractivity contribution in [2.45, 2.75) is 26.3 Å². The van der Waals surface area contributed by atoms with Crippen molar-refractivity contribution in [3.8, 4) is 5.75 Å². The highest BCUT2D eigenvalue weighted by atomic mass is 16.5. The van der Waals surface area contributed by atoms with Crippen LogP contribution in [0, 0.1) is 5.92 Å². The largest absolute Gasteiger partial charge is 0.497 e. The highest BCUT2D eigenvalue weighted by Gasteiger charge is 2.20. The fourth-order valence-corrected chi connectivity index (χ4v) is 1.68. The van der Waals surface area contributed by atoms with Crippen LogP contribution in [0.5, 0.6) is 5.75 Å². The van der Waals surface area contributed by atoms with Gasteiger partial charge in [-0.05, 0) is 17.7 Å². The second-order valence-corrected chi connectivity index (χ2v) is 4.77. The van der Waals surface area contributed by atoms with Crippen molar-refractivity contribution in [1.29, 1.82) is 0 Å². The number of carbonyl (C=O) groups excluding carboxylic acids is 2. The van der Waals surface area contributed by atoms with E-state index in [2.05, 4.69) is 10.1 Å². The van der Waals surface area contributed by atoms with Gasteiger partial charge in [-0.15, -0.1) is 0 Å². The summed E-state index contributed by atoms with van der Waals surface area (Å²) in [5, 5.41) is 2.85. The van der Waals surface area contributed by atoms with Crippen molar-refractivity contribution >= 4 is 11.9 Å². The molecule has 0 saturated carbocycles. The Hall–Kier alpha value is -2.04. The maximum Gasteiger partial charge on any atom is 0.307 e. The standard InChI is InChI=1S/C15H21NO4/c1-10(2)15(18)16-13(9-14(17)20-4)11-5-7-12(19-3)8-6-11/h5-8,10,13H,9H2,1-4H3,(H,16,18)/t13-/m0/s1. The molecule has 1 amide bonds. The average Bonchev–Trinajstić information content (AvgIpc) is 2.46. The minimum absolute atomic E-state index is 0.0985. The van der Waals surface area contributed by atoms with Crippen molar-refractivity contribution in [2.75, 3.05) is 14.2 Å². The molecule has 0 fully saturated rings. The number of hydrogen-bond acceptors (Lipinski definition) is 4. The molecule has 0 spiro atoms. The molecule has 0 aromatic heterocycles. The smallest absolute Gasteiger partial charge is 0.307 e. The van der Waals surface area contributed by atoms with E-state index in [-0.39, 0.29) is 24.2 Å². The Morgan fingerprint density at radius 2 is 1.75 bits per heavy atom. The summed E-state index contributed by atoms with van der Waals surface area (Å²) in [4.78, 5) is 23.3. The summed E-state index contributed by atoms with van der Waals surface area (Å²) in [6, 6.07) is 6.84. The molecule has 0 bridgehead atoms. The molecular weight excluding hydrogens is 258 g/mol. The van der Waals surface area contributed by atoms with Gasteiger partial charge < -0.3 is 14.8 Å². The predicted molar refractivity (Wildman–Crippen MR) is 75.3 cm³/mol. The lowest BCUT2D eigenvalue weighted by Crippen LogP contribution is -2.33. The Kier molecular flexibility index (Phi) is 6.03. The predicted octanol–water partition coefficient (Wildman–Crippen LogP) is 2.07. The molecule has 0 radical (unpaired) electrons. The number of esters is 1. The average molecular weight is 279 g/mol. The number of carbonyl (C=O) groups is 2. The first kappa shape index (κ1) is 16.0. The first-order valence-electron chi connectivity index (χ1n) is 6.49. The van der Waals surface area contributed by atoms with E-state index in [1.54, 1.807) is 33.1 Å². The van der Waals surface area contributed by atoms with E-state index in [1.165, 1.54) is 7.11 Å². The zero-order chi connectivity index (χ0) is 15.1. The molecule has 5 nitrogen and oxygen atoms in total. The minimum Gasteiger partial charge on any atom is -0.497 e. The molecule has 0 saturated heterocycles. The lowest BCUT2D eigenvalue weighted by molar-refractivity contribution is -0.141. The molecule has 1 rings (SSSR count). The number of methoxy groups -OCH3 is 2. The molecule has 0 aliphatic heterocycles. The van der Waals surface area contributed by atoms with Crippen LogP contribution in [0.3, 0.4) is 0 Å². The van der Waals surface area contributed by atoms with E-state index in [0.717, 1.165) is 11.3 Å². The molecule has 1 aromatic carbocycles. The number of rotatable bonds is 6. The van der Waals surface area contributed by atoms with Crippen LogP contribution in [0.1, 0.15) is 31.9 Å². The van der Waals surface area contributed by atoms with Gasteiger partial charge in [0.1, 0.15) is 5.75 Å². The topological polar surface area (TPSA) is 64.6 Å². The van der Waals surface area contributed by atoms with E-state index >= 15 is 0 Å². The van der Waals surface area contributed by atoms with Crippen LogP contribution in [-0.2, 0) is 14.3 Å². The number of nitrogens with one attached hydrogen (secondary N) is 1. The molecule has 110 valence electrons. The summed E-state index contributed by atoms with van der Waals surface area (Å²) in [5.41, 5.74) is 0.838. The Balaban J connectivity index is 2.89. The Morgan fingerprint density at radius 1 is 1.15 bits per heavy atom. The Labute approximate surface area is 119 Å². The van der Waals surface area contributed by atoms with Gasteiger partial charge in [-0.25, -0.2) is 0 Å². The normalized spacial score (nSPS) is 11.8. The fraction of sp³-hybridized carbons (Fsp3) is 0.467. The van der Waals surface area contributed by atoms with Crippen LogP contribution < -0.4 is 10.1 Å². The van der Waals surface area contributed by atoms with Crippen LogP contribution in [0.25, 0.3) is 0 Å². The van der Waals surface area contributed by atoms with E-state index in [0.29, 0.717) is 0 Å². The Bertz CT molecular complexity index is 453. The molecule has 0 aliphatic carbocycles. The molecule has 20 heavy (non-hydrogen) atoms. The first-order valence-corrected chi connectivity index (χ1v) is 6.49. The van der Waals surface area contributed by atoms with Crippen molar-refractivity contribution in [3.63, 3.8) is 0 Å². The maximum absolute atomic E-state index is 11.8. The third kappa shape index (κ3) is 4.57. The van der Waals surface area contributed by atoms with E-state index in [1.807, 2.05) is 12.1 Å². The zero-order valence-corrected chi connectivity index (χ0v) is 12.3. The summed E-state index contributed by atoms with van der Waals surface area (Å²) >= 11 is 0. The maximum atomic E-state index is 11.8. The van der Waals surface area contributed by atoms with Gasteiger partial charge in [0.15, 0.2) is 0 Å². The number of benzene rings is 1. The summed E-state index contributed by atoms with van der Waals surface area (Å²) in [5.74, 6) is 0.110. The van der Waals surface area contributed by atoms with Gasteiger partial charge in [0.05, 0.1) is 26.7 Å². The van der Waals surface area contributed by atoms with Crippen LogP contribution >= 0.6 is 0 Å². The highest BCUT2D eigenvalue weighted by molar-refractivity contribution is 5.79. The summed E-state index contributed by atoms with van der Waals surface area (Å²) < 4.78 is 9.77. The molecule has 1 atom stereocenters. The summed E-state index contributed by atoms with van der Waals surface area (Å²) in [7, 11) is 2.92. The number of amides is 1. The molecule has 0 heterocycles. The molecule has 1 aromatic rings. The SMILES string of the molecule is COC(=O)C[C@H](NC(=O)C(C)C)c1ccc(OC)cc1. The molecule has 0 aliphatic rings. The monoisotopic (exact) mass is 279 g/mol. The fourth-order valence-electron chi connectivity index (χ4n) is 1.68. The van der Waals surface area contributed by atoms with Crippen LogP contribution in [0.15, 0.2) is 24.3 Å². The van der Waals surface area contributed by atoms with Gasteiger partial charge in [-0.2, -0.15) is 0 Å². The lowest BCUT2D eigenvalue weighted by atomic mass is 10.0. The van der Waals surface area contributed by atoms with Crippen molar-refractivity contribution < 1.29 is 19.1 Å². The van der Waals surface area contributed by atoms with Gasteiger partial charge in [-0.1, -0.05) is 26.0 Å². The first-order chi connectivity index (χ1) is 9.47. The van der Waals surface area contributed by atoms with Gasteiger partial charge in [0.2, 0.25) is 5.91 Å². The summed E-state index contributed by atoms with van der Waals surface area (Å²) in [6.45, 7) is 3.61. The zero-order valence-electron chi connectivity index (χ0n) is 12.3. The molecular formula is C15H21NO4. The van der Waals surface area contributed by atoms with Crippen molar-refractivity contribution in [2.24, 2.45) is 5.92 Å². The van der Waals surface area contributed by atoms with Gasteiger partial charge in [0.25, 0.3) is 0 Å². The van der Waals surface area contributed by atoms with E-state index in [4.69, 9.17) is 4.74 Å². The summed E-state index contributed by atoms with van der Waals surface area (Å²) in [6.07, 6.45) is 0.0985. The van der Waals surface area contributed by atoms with Crippen LogP contribution in [0.2, 0.25) is 0 Å². The molecule has 0 unspecified atom stereocenters. The van der Waals surface area contributed by atoms with Gasteiger partial charge in [0, 0.05) is 5.92 Å². The Morgan fingerprint density at radius 3 is 2.20 bits per heavy atom. The second-order valence-electron chi connectivity index (χ2n) is 4.77. The van der Waals surface area contributed by atoms with Crippen LogP contribution in [-0.4, -0.2) is 26.1 Å². The van der Waals surface area contributed by atoms with Gasteiger partial charge >= 0.3 is 5.97 Å². The van der Waals surface area contributed by atoms with E-state index in [9.17, 15) is 9.59 Å². The minimum atomic E-state index is -0.400. The third-order valence-electron chi connectivity index (χ3n) is 2.96. The van der Waals surface area contributed by atoms with Gasteiger partial charge in [-0.3, -0.25) is 9.59 Å². The lowest BCUT2D eigenvalue weighted by Gasteiger charge is -2.19. The quantitative estimate of drug-likeness (QED) is 0.810. The number of ether oxygens (including phenoxy) is 2. The third-order valence-corrected chi connectivity index (χ3v) is 2.96. The van der Waals surface area contributed by atoms with Crippen molar-refractivity contribution in [1.82, 2.24) is 5.32 Å². The molecule has 1 N–H and O–H groups in total. The number of hydrogen-bond donors (Lipinski definition) is 1. The second kappa shape index (κ2) is 7.53. The molecule has 5 heteroatoms. The van der Waals surface area contributed by atoms with Crippen molar-refractivity contribution in [3.05, 3.63) is 29.8 Å².